The van der Waals surface area contributed by atoms with Crippen LogP contribution >= 0.6 is 22.9 Å². The largest absolute Gasteiger partial charge is 0.496 e. The molecule has 0 aliphatic rings. The van der Waals surface area contributed by atoms with Gasteiger partial charge in [0.1, 0.15) is 41.1 Å². The van der Waals surface area contributed by atoms with E-state index in [4.69, 9.17) is 26.1 Å². The monoisotopic (exact) mass is 703 g/mol. The first-order valence-corrected chi connectivity index (χ1v) is 17.8. The van der Waals surface area contributed by atoms with E-state index in [0.29, 0.717) is 57.1 Å². The molecule has 0 atom stereocenters. The molecular weight excluding hydrogens is 673 g/mol. The van der Waals surface area contributed by atoms with Gasteiger partial charge < -0.3 is 14.8 Å². The third-order valence-electron chi connectivity index (χ3n) is 7.51. The number of rotatable bonds is 13. The number of methoxy groups -OCH3 is 1. The van der Waals surface area contributed by atoms with E-state index in [9.17, 15) is 12.8 Å². The summed E-state index contributed by atoms with van der Waals surface area (Å²) in [6.07, 6.45) is 1.47. The summed E-state index contributed by atoms with van der Waals surface area (Å²) in [5, 5.41) is 7.24. The summed E-state index contributed by atoms with van der Waals surface area (Å²) in [5.74, 6) is 1.31. The number of hydrogen-bond donors (Lipinski definition) is 1. The van der Waals surface area contributed by atoms with Gasteiger partial charge in [-0.05, 0) is 61.1 Å². The molecule has 0 spiro atoms. The van der Waals surface area contributed by atoms with Crippen LogP contribution in [0.1, 0.15) is 10.6 Å². The van der Waals surface area contributed by atoms with E-state index in [2.05, 4.69) is 15.3 Å². The lowest BCUT2D eigenvalue weighted by Gasteiger charge is -2.15. The highest BCUT2D eigenvalue weighted by Crippen LogP contribution is 2.37. The Labute approximate surface area is 286 Å². The van der Waals surface area contributed by atoms with Crippen LogP contribution in [0.15, 0.2) is 102 Å². The summed E-state index contributed by atoms with van der Waals surface area (Å²) >= 11 is 8.03. The summed E-state index contributed by atoms with van der Waals surface area (Å²) in [5.41, 5.74) is 3.53. The van der Waals surface area contributed by atoms with E-state index in [1.165, 1.54) is 29.8 Å². The SMILES string of the molecule is COc1cc2ncnc(Nc3ccc(OCc4cccc(F)c4)c(Cl)c3)c2cc1-c1csc(CN(C)CCS(=O)(=O)c2ccccc2)n1. The number of hydrogen-bond acceptors (Lipinski definition) is 10. The molecule has 48 heavy (non-hydrogen) atoms. The fraction of sp³-hybridized carbons (Fsp3) is 0.171. The van der Waals surface area contributed by atoms with E-state index in [-0.39, 0.29) is 18.2 Å². The van der Waals surface area contributed by atoms with Gasteiger partial charge in [-0.2, -0.15) is 0 Å². The van der Waals surface area contributed by atoms with Crippen LogP contribution in [0.4, 0.5) is 15.9 Å². The zero-order valence-corrected chi connectivity index (χ0v) is 28.4. The van der Waals surface area contributed by atoms with Crippen LogP contribution in [0.25, 0.3) is 22.2 Å². The van der Waals surface area contributed by atoms with Gasteiger partial charge in [-0.3, -0.25) is 4.90 Å². The maximum atomic E-state index is 13.5. The van der Waals surface area contributed by atoms with E-state index >= 15 is 0 Å². The van der Waals surface area contributed by atoms with Crippen molar-refractivity contribution in [1.29, 1.82) is 0 Å². The molecule has 2 aromatic heterocycles. The Morgan fingerprint density at radius 2 is 1.81 bits per heavy atom. The highest BCUT2D eigenvalue weighted by atomic mass is 35.5. The molecule has 246 valence electrons. The molecule has 0 aliphatic heterocycles. The third-order valence-corrected chi connectivity index (χ3v) is 10.4. The fourth-order valence-corrected chi connectivity index (χ4v) is 7.48. The molecule has 0 saturated heterocycles. The van der Waals surface area contributed by atoms with Crippen molar-refractivity contribution >= 4 is 55.2 Å². The van der Waals surface area contributed by atoms with Crippen molar-refractivity contribution < 1.29 is 22.3 Å². The summed E-state index contributed by atoms with van der Waals surface area (Å²) < 4.78 is 50.5. The average molecular weight is 704 g/mol. The Bertz CT molecular complexity index is 2170. The molecule has 6 aromatic rings. The minimum absolute atomic E-state index is 0.00982. The van der Waals surface area contributed by atoms with E-state index in [1.54, 1.807) is 61.7 Å². The molecule has 6 rings (SSSR count). The summed E-state index contributed by atoms with van der Waals surface area (Å²) in [6.45, 7) is 1.03. The average Bonchev–Trinajstić information content (AvgIpc) is 3.55. The second-order valence-corrected chi connectivity index (χ2v) is 14.4. The predicted molar refractivity (Wildman–Crippen MR) is 187 cm³/mol. The topological polar surface area (TPSA) is 107 Å². The van der Waals surface area contributed by atoms with Gasteiger partial charge in [-0.1, -0.05) is 41.9 Å². The number of nitrogens with zero attached hydrogens (tertiary/aromatic N) is 4. The molecule has 2 heterocycles. The minimum Gasteiger partial charge on any atom is -0.496 e. The van der Waals surface area contributed by atoms with Crippen LogP contribution in [0.3, 0.4) is 0 Å². The van der Waals surface area contributed by atoms with Crippen LogP contribution in [0.5, 0.6) is 11.5 Å². The molecule has 0 amide bonds. The van der Waals surface area contributed by atoms with Gasteiger partial charge in [0.15, 0.2) is 9.84 Å². The van der Waals surface area contributed by atoms with Gasteiger partial charge in [-0.15, -0.1) is 11.3 Å². The quantitative estimate of drug-likeness (QED) is 0.129. The zero-order chi connectivity index (χ0) is 33.7. The predicted octanol–water partition coefficient (Wildman–Crippen LogP) is 7.78. The lowest BCUT2D eigenvalue weighted by Crippen LogP contribution is -2.25. The van der Waals surface area contributed by atoms with Crippen molar-refractivity contribution in [2.75, 3.05) is 31.8 Å². The number of halogens is 2. The first-order chi connectivity index (χ1) is 23.2. The van der Waals surface area contributed by atoms with Crippen molar-refractivity contribution in [1.82, 2.24) is 19.9 Å². The number of benzene rings is 4. The molecule has 4 aromatic carbocycles. The molecule has 13 heteroatoms. The first kappa shape index (κ1) is 33.3. The van der Waals surface area contributed by atoms with Gasteiger partial charge in [-0.25, -0.2) is 27.8 Å². The lowest BCUT2D eigenvalue weighted by atomic mass is 10.1. The molecule has 1 N–H and O–H groups in total. The number of aromatic nitrogens is 3. The van der Waals surface area contributed by atoms with Crippen molar-refractivity contribution in [3.8, 4) is 22.8 Å². The molecule has 0 radical (unpaired) electrons. The summed E-state index contributed by atoms with van der Waals surface area (Å²) in [6, 6.07) is 23.8. The van der Waals surface area contributed by atoms with Crippen molar-refractivity contribution in [3.63, 3.8) is 0 Å². The molecule has 0 bridgehead atoms. The second kappa shape index (κ2) is 14.7. The molecule has 0 unspecified atom stereocenters. The molecule has 0 aliphatic carbocycles. The zero-order valence-electron chi connectivity index (χ0n) is 26.1. The number of sulfone groups is 1. The van der Waals surface area contributed by atoms with Gasteiger partial charge in [0.2, 0.25) is 0 Å². The summed E-state index contributed by atoms with van der Waals surface area (Å²) in [7, 11) is 0.0950. The maximum absolute atomic E-state index is 13.5. The lowest BCUT2D eigenvalue weighted by molar-refractivity contribution is 0.306. The Kier molecular flexibility index (Phi) is 10.2. The smallest absolute Gasteiger partial charge is 0.179 e. The molecule has 9 nitrogen and oxygen atoms in total. The van der Waals surface area contributed by atoms with Gasteiger partial charge >= 0.3 is 0 Å². The van der Waals surface area contributed by atoms with E-state index in [1.807, 2.05) is 35.5 Å². The molecule has 0 saturated carbocycles. The van der Waals surface area contributed by atoms with Crippen LogP contribution in [-0.2, 0) is 23.0 Å². The molecule has 0 fully saturated rings. The Morgan fingerprint density at radius 1 is 0.979 bits per heavy atom. The number of anilines is 2. The maximum Gasteiger partial charge on any atom is 0.179 e. The van der Waals surface area contributed by atoms with Crippen molar-refractivity contribution in [3.05, 3.63) is 118 Å². The first-order valence-electron chi connectivity index (χ1n) is 14.9. The minimum atomic E-state index is -3.38. The van der Waals surface area contributed by atoms with Gasteiger partial charge in [0.05, 0.1) is 40.5 Å². The van der Waals surface area contributed by atoms with Crippen LogP contribution < -0.4 is 14.8 Å². The molecular formula is C35H31ClFN5O4S2. The standard InChI is InChI=1S/C35H31ClFN5O4S2/c1-42(13-14-48(43,44)26-9-4-3-5-10-26)19-34-41-31(21-47-34)27-17-28-30(18-33(27)45-2)38-22-39-35(28)40-25-11-12-32(29(36)16-25)46-20-23-7-6-8-24(37)15-23/h3-12,15-18,21-22H,13-14,19-20H2,1-2H3,(H,38,39,40). The Morgan fingerprint density at radius 3 is 2.58 bits per heavy atom. The van der Waals surface area contributed by atoms with Gasteiger partial charge in [0.25, 0.3) is 0 Å². The van der Waals surface area contributed by atoms with Crippen LogP contribution in [0.2, 0.25) is 5.02 Å². The van der Waals surface area contributed by atoms with Crippen LogP contribution in [-0.4, -0.2) is 54.7 Å². The third kappa shape index (κ3) is 7.91. The van der Waals surface area contributed by atoms with E-state index in [0.717, 1.165) is 21.7 Å². The van der Waals surface area contributed by atoms with Gasteiger partial charge in [0, 0.05) is 34.6 Å². The van der Waals surface area contributed by atoms with Crippen LogP contribution in [0, 0.1) is 5.82 Å². The number of nitrogens with one attached hydrogen (secondary N) is 1. The Hall–Kier alpha value is -4.62. The number of thiazole rings is 1. The highest BCUT2D eigenvalue weighted by Gasteiger charge is 2.18. The number of ether oxygens (including phenoxy) is 2. The summed E-state index contributed by atoms with van der Waals surface area (Å²) in [4.78, 5) is 16.1. The normalized spacial score (nSPS) is 11.6. The number of fused-ring (bicyclic) bond motifs is 1. The highest BCUT2D eigenvalue weighted by molar-refractivity contribution is 7.91. The Balaban J connectivity index is 1.17. The van der Waals surface area contributed by atoms with Crippen molar-refractivity contribution in [2.45, 2.75) is 18.0 Å². The fourth-order valence-electron chi connectivity index (χ4n) is 5.01. The van der Waals surface area contributed by atoms with E-state index < -0.39 is 9.84 Å². The van der Waals surface area contributed by atoms with Crippen molar-refractivity contribution in [2.24, 2.45) is 0 Å². The second-order valence-electron chi connectivity index (χ2n) is 11.0.